The number of halogens is 2. The topological polar surface area (TPSA) is 41.6 Å². The van der Waals surface area contributed by atoms with Crippen LogP contribution in [0.25, 0.3) is 22.2 Å². The van der Waals surface area contributed by atoms with Gasteiger partial charge in [0, 0.05) is 11.1 Å². The number of nitrogens with one attached hydrogen (secondary N) is 1. The summed E-state index contributed by atoms with van der Waals surface area (Å²) in [6.07, 6.45) is 0. The van der Waals surface area contributed by atoms with Crippen molar-refractivity contribution in [2.75, 3.05) is 0 Å². The third-order valence-corrected chi connectivity index (χ3v) is 3.41. The van der Waals surface area contributed by atoms with Gasteiger partial charge in [-0.05, 0) is 12.1 Å². The minimum Gasteiger partial charge on any atom is -0.197 e. The van der Waals surface area contributed by atoms with E-state index in [0.717, 1.165) is 22.2 Å². The molecule has 3 rings (SSSR count). The van der Waals surface area contributed by atoms with Crippen molar-refractivity contribution < 1.29 is 0 Å². The highest BCUT2D eigenvalue weighted by Gasteiger charge is 2.11. The van der Waals surface area contributed by atoms with Crippen LogP contribution in [-0.4, -0.2) is 15.4 Å². The van der Waals surface area contributed by atoms with Crippen LogP contribution < -0.4 is 0 Å². The molecule has 2 aromatic carbocycles. The van der Waals surface area contributed by atoms with Gasteiger partial charge in [-0.3, -0.25) is 0 Å². The molecule has 0 saturated heterocycles. The van der Waals surface area contributed by atoms with E-state index in [-0.39, 0.29) is 0 Å². The van der Waals surface area contributed by atoms with E-state index in [1.165, 1.54) is 0 Å². The molecule has 0 saturated carbocycles. The second kappa shape index (κ2) is 4.02. The Morgan fingerprint density at radius 2 is 1.65 bits per heavy atom. The number of para-hydroxylation sites is 1. The molecule has 0 aliphatic heterocycles. The molecule has 5 heteroatoms. The average molecular weight is 264 g/mol. The lowest BCUT2D eigenvalue weighted by atomic mass is 10.0. The molecule has 3 aromatic rings. The van der Waals surface area contributed by atoms with E-state index in [4.69, 9.17) is 23.2 Å². The standard InChI is InChI=1S/C12H7Cl2N3/c13-9-5-1-3-7(11(9)14)8-4-2-6-10-12(8)16-17-15-10/h1-6H,(H,15,16,17). The Bertz CT molecular complexity index is 691. The second-order valence-electron chi connectivity index (χ2n) is 3.60. The van der Waals surface area contributed by atoms with Crippen LogP contribution in [-0.2, 0) is 0 Å². The molecule has 0 atom stereocenters. The molecule has 0 fully saturated rings. The van der Waals surface area contributed by atoms with Crippen LogP contribution in [0.4, 0.5) is 0 Å². The molecule has 1 N–H and O–H groups in total. The highest BCUT2D eigenvalue weighted by Crippen LogP contribution is 2.35. The van der Waals surface area contributed by atoms with Gasteiger partial charge in [-0.1, -0.05) is 47.5 Å². The van der Waals surface area contributed by atoms with E-state index < -0.39 is 0 Å². The lowest BCUT2D eigenvalue weighted by molar-refractivity contribution is 0.959. The zero-order valence-corrected chi connectivity index (χ0v) is 10.1. The van der Waals surface area contributed by atoms with Gasteiger partial charge in [0.1, 0.15) is 11.0 Å². The number of benzene rings is 2. The molecule has 1 heterocycles. The highest BCUT2D eigenvalue weighted by atomic mass is 35.5. The number of hydrogen-bond donors (Lipinski definition) is 1. The first-order valence-corrected chi connectivity index (χ1v) is 5.77. The summed E-state index contributed by atoms with van der Waals surface area (Å²) >= 11 is 12.2. The summed E-state index contributed by atoms with van der Waals surface area (Å²) in [7, 11) is 0. The number of nitrogens with zero attached hydrogens (tertiary/aromatic N) is 2. The number of aromatic nitrogens is 3. The summed E-state index contributed by atoms with van der Waals surface area (Å²) in [6.45, 7) is 0. The Morgan fingerprint density at radius 3 is 2.53 bits per heavy atom. The fourth-order valence-electron chi connectivity index (χ4n) is 1.80. The first kappa shape index (κ1) is 10.6. The molecule has 0 aliphatic rings. The molecule has 0 bridgehead atoms. The third-order valence-electron chi connectivity index (χ3n) is 2.59. The van der Waals surface area contributed by atoms with Gasteiger partial charge in [-0.2, -0.15) is 15.4 Å². The summed E-state index contributed by atoms with van der Waals surface area (Å²) in [6, 6.07) is 11.3. The number of fused-ring (bicyclic) bond motifs is 1. The number of aromatic amines is 1. The first-order valence-electron chi connectivity index (χ1n) is 5.01. The average Bonchev–Trinajstić information content (AvgIpc) is 2.81. The van der Waals surface area contributed by atoms with Crippen molar-refractivity contribution in [2.45, 2.75) is 0 Å². The van der Waals surface area contributed by atoms with Gasteiger partial charge in [0.15, 0.2) is 0 Å². The summed E-state index contributed by atoms with van der Waals surface area (Å²) in [5.74, 6) is 0. The summed E-state index contributed by atoms with van der Waals surface area (Å²) in [4.78, 5) is 0. The van der Waals surface area contributed by atoms with Crippen molar-refractivity contribution in [3.63, 3.8) is 0 Å². The third kappa shape index (κ3) is 1.68. The van der Waals surface area contributed by atoms with Crippen LogP contribution in [0.3, 0.4) is 0 Å². The van der Waals surface area contributed by atoms with Gasteiger partial charge in [0.05, 0.1) is 10.0 Å². The Morgan fingerprint density at radius 1 is 0.882 bits per heavy atom. The summed E-state index contributed by atoms with van der Waals surface area (Å²) < 4.78 is 0. The maximum atomic E-state index is 6.20. The Hall–Kier alpha value is -1.58. The maximum absolute atomic E-state index is 6.20. The number of H-pyrrole nitrogens is 1. The normalized spacial score (nSPS) is 10.9. The Balaban J connectivity index is 2.34. The van der Waals surface area contributed by atoms with Crippen molar-refractivity contribution in [1.29, 1.82) is 0 Å². The van der Waals surface area contributed by atoms with E-state index >= 15 is 0 Å². The van der Waals surface area contributed by atoms with Crippen LogP contribution in [0.2, 0.25) is 10.0 Å². The summed E-state index contributed by atoms with van der Waals surface area (Å²) in [5.41, 5.74) is 3.37. The zero-order chi connectivity index (χ0) is 11.8. The largest absolute Gasteiger partial charge is 0.197 e. The van der Waals surface area contributed by atoms with Crippen LogP contribution in [0.1, 0.15) is 0 Å². The van der Waals surface area contributed by atoms with Gasteiger partial charge in [0.25, 0.3) is 0 Å². The second-order valence-corrected chi connectivity index (χ2v) is 4.38. The number of rotatable bonds is 1. The van der Waals surface area contributed by atoms with Gasteiger partial charge >= 0.3 is 0 Å². The van der Waals surface area contributed by atoms with Crippen LogP contribution in [0.15, 0.2) is 36.4 Å². The van der Waals surface area contributed by atoms with Crippen molar-refractivity contribution in [1.82, 2.24) is 15.4 Å². The fraction of sp³-hybridized carbons (Fsp3) is 0. The molecule has 0 spiro atoms. The summed E-state index contributed by atoms with van der Waals surface area (Å²) in [5, 5.41) is 11.8. The molecule has 0 aliphatic carbocycles. The van der Waals surface area contributed by atoms with Gasteiger partial charge in [-0.15, -0.1) is 0 Å². The lowest BCUT2D eigenvalue weighted by Gasteiger charge is -2.05. The quantitative estimate of drug-likeness (QED) is 0.723. The molecule has 17 heavy (non-hydrogen) atoms. The van der Waals surface area contributed by atoms with Gasteiger partial charge < -0.3 is 0 Å². The smallest absolute Gasteiger partial charge is 0.120 e. The SMILES string of the molecule is Clc1cccc(-c2cccc3n[nH]nc23)c1Cl. The molecule has 3 nitrogen and oxygen atoms in total. The monoisotopic (exact) mass is 263 g/mol. The Labute approximate surface area is 107 Å². The molecule has 0 amide bonds. The minimum absolute atomic E-state index is 0.532. The maximum Gasteiger partial charge on any atom is 0.120 e. The molecular formula is C12H7Cl2N3. The lowest BCUT2D eigenvalue weighted by Crippen LogP contribution is -1.83. The predicted octanol–water partition coefficient (Wildman–Crippen LogP) is 3.93. The molecule has 84 valence electrons. The fourth-order valence-corrected chi connectivity index (χ4v) is 2.20. The van der Waals surface area contributed by atoms with E-state index in [1.54, 1.807) is 6.07 Å². The first-order chi connectivity index (χ1) is 8.27. The highest BCUT2D eigenvalue weighted by molar-refractivity contribution is 6.43. The van der Waals surface area contributed by atoms with E-state index in [1.807, 2.05) is 30.3 Å². The van der Waals surface area contributed by atoms with Crippen molar-refractivity contribution >= 4 is 34.2 Å². The Kier molecular flexibility index (Phi) is 2.50. The molecule has 0 radical (unpaired) electrons. The van der Waals surface area contributed by atoms with Crippen molar-refractivity contribution in [3.8, 4) is 11.1 Å². The molecular weight excluding hydrogens is 257 g/mol. The minimum atomic E-state index is 0.532. The van der Waals surface area contributed by atoms with Crippen molar-refractivity contribution in [3.05, 3.63) is 46.4 Å². The van der Waals surface area contributed by atoms with Crippen LogP contribution in [0.5, 0.6) is 0 Å². The molecule has 1 aromatic heterocycles. The van der Waals surface area contributed by atoms with Gasteiger partial charge in [0.2, 0.25) is 0 Å². The van der Waals surface area contributed by atoms with Gasteiger partial charge in [-0.25, -0.2) is 0 Å². The zero-order valence-electron chi connectivity index (χ0n) is 8.61. The van der Waals surface area contributed by atoms with Crippen LogP contribution >= 0.6 is 23.2 Å². The van der Waals surface area contributed by atoms with E-state index in [0.29, 0.717) is 10.0 Å². The van der Waals surface area contributed by atoms with E-state index in [2.05, 4.69) is 15.4 Å². The van der Waals surface area contributed by atoms with E-state index in [9.17, 15) is 0 Å². The predicted molar refractivity (Wildman–Crippen MR) is 69.3 cm³/mol. The molecule has 0 unspecified atom stereocenters. The number of hydrogen-bond acceptors (Lipinski definition) is 2. The van der Waals surface area contributed by atoms with Crippen LogP contribution in [0, 0.1) is 0 Å². The van der Waals surface area contributed by atoms with Crippen molar-refractivity contribution in [2.24, 2.45) is 0 Å².